The zero-order valence-electron chi connectivity index (χ0n) is 11.4. The number of carbonyl (C=O) groups is 1. The summed E-state index contributed by atoms with van der Waals surface area (Å²) in [6.45, 7) is 8.20. The number of benzene rings is 1. The molecule has 0 radical (unpaired) electrons. The molecule has 1 amide bonds. The van der Waals surface area contributed by atoms with Crippen LogP contribution in [0.4, 0.5) is 0 Å². The van der Waals surface area contributed by atoms with Crippen LogP contribution in [0.25, 0.3) is 0 Å². The minimum atomic E-state index is -0.175. The minimum Gasteiger partial charge on any atom is -0.493 e. The maximum Gasteiger partial charge on any atom is 0.236 e. The topological polar surface area (TPSA) is 50.7 Å². The molecule has 4 nitrogen and oxygen atoms in total. The zero-order valence-corrected chi connectivity index (χ0v) is 11.4. The van der Waals surface area contributed by atoms with Crippen molar-refractivity contribution in [2.45, 2.75) is 27.7 Å². The van der Waals surface area contributed by atoms with Gasteiger partial charge in [0, 0.05) is 6.92 Å². The average molecular weight is 248 g/mol. The Morgan fingerprint density at radius 2 is 1.89 bits per heavy atom. The lowest BCUT2D eigenvalue weighted by molar-refractivity contribution is -0.118. The van der Waals surface area contributed by atoms with Crippen LogP contribution < -0.4 is 10.2 Å². The van der Waals surface area contributed by atoms with E-state index in [1.165, 1.54) is 6.92 Å². The second-order valence-electron chi connectivity index (χ2n) is 4.59. The molecule has 0 heterocycles. The van der Waals surface area contributed by atoms with Gasteiger partial charge in [0.15, 0.2) is 0 Å². The smallest absolute Gasteiger partial charge is 0.236 e. The molecule has 0 saturated heterocycles. The monoisotopic (exact) mass is 248 g/mol. The fourth-order valence-corrected chi connectivity index (χ4v) is 1.28. The van der Waals surface area contributed by atoms with Gasteiger partial charge in [0.1, 0.15) is 5.75 Å². The molecule has 0 aliphatic rings. The molecule has 18 heavy (non-hydrogen) atoms. The van der Waals surface area contributed by atoms with Crippen LogP contribution in [-0.2, 0) is 4.79 Å². The van der Waals surface area contributed by atoms with Crippen molar-refractivity contribution < 1.29 is 9.53 Å². The lowest BCUT2D eigenvalue weighted by Gasteiger charge is -2.09. The van der Waals surface area contributed by atoms with E-state index in [1.807, 2.05) is 31.2 Å². The van der Waals surface area contributed by atoms with Gasteiger partial charge in [0.2, 0.25) is 5.91 Å². The van der Waals surface area contributed by atoms with E-state index in [0.717, 1.165) is 17.0 Å². The number of ether oxygens (including phenoxy) is 1. The molecule has 0 fully saturated rings. The van der Waals surface area contributed by atoms with Crippen molar-refractivity contribution in [2.24, 2.45) is 11.0 Å². The maximum absolute atomic E-state index is 10.7. The third kappa shape index (κ3) is 4.99. The Morgan fingerprint density at radius 1 is 1.28 bits per heavy atom. The molecule has 1 aromatic carbocycles. The van der Waals surface area contributed by atoms with Crippen LogP contribution >= 0.6 is 0 Å². The van der Waals surface area contributed by atoms with Crippen molar-refractivity contribution in [3.63, 3.8) is 0 Å². The van der Waals surface area contributed by atoms with Gasteiger partial charge in [0.05, 0.1) is 12.3 Å². The van der Waals surface area contributed by atoms with Crippen molar-refractivity contribution in [1.82, 2.24) is 5.43 Å². The minimum absolute atomic E-state index is 0.175. The highest BCUT2D eigenvalue weighted by Gasteiger charge is 2.00. The molecule has 1 N–H and O–H groups in total. The van der Waals surface area contributed by atoms with Crippen molar-refractivity contribution in [2.75, 3.05) is 6.61 Å². The first-order valence-electron chi connectivity index (χ1n) is 6.03. The first-order valence-corrected chi connectivity index (χ1v) is 6.03. The zero-order chi connectivity index (χ0) is 13.5. The van der Waals surface area contributed by atoms with E-state index in [9.17, 15) is 4.79 Å². The summed E-state index contributed by atoms with van der Waals surface area (Å²) in [5.41, 5.74) is 4.14. The van der Waals surface area contributed by atoms with E-state index in [2.05, 4.69) is 24.4 Å². The van der Waals surface area contributed by atoms with E-state index >= 15 is 0 Å². The number of rotatable bonds is 5. The quantitative estimate of drug-likeness (QED) is 0.643. The first-order chi connectivity index (χ1) is 8.49. The Hall–Kier alpha value is -1.84. The Balaban J connectivity index is 2.64. The van der Waals surface area contributed by atoms with Gasteiger partial charge in [-0.15, -0.1) is 0 Å². The predicted molar refractivity (Wildman–Crippen MR) is 72.8 cm³/mol. The van der Waals surface area contributed by atoms with E-state index in [0.29, 0.717) is 12.5 Å². The Kier molecular flexibility index (Phi) is 5.36. The maximum atomic E-state index is 10.7. The SMILES string of the molecule is CC(=O)N/N=C(/C)c1ccc(OCC(C)C)cc1. The second kappa shape index (κ2) is 6.79. The fraction of sp³-hybridized carbons (Fsp3) is 0.429. The summed E-state index contributed by atoms with van der Waals surface area (Å²) in [4.78, 5) is 10.7. The lowest BCUT2D eigenvalue weighted by atomic mass is 10.1. The summed E-state index contributed by atoms with van der Waals surface area (Å²) in [6.07, 6.45) is 0. The summed E-state index contributed by atoms with van der Waals surface area (Å²) >= 11 is 0. The predicted octanol–water partition coefficient (Wildman–Crippen LogP) is 2.58. The van der Waals surface area contributed by atoms with Crippen molar-refractivity contribution in [1.29, 1.82) is 0 Å². The highest BCUT2D eigenvalue weighted by Crippen LogP contribution is 2.13. The molecule has 0 aromatic heterocycles. The van der Waals surface area contributed by atoms with Crippen molar-refractivity contribution in [3.8, 4) is 5.75 Å². The van der Waals surface area contributed by atoms with Crippen molar-refractivity contribution >= 4 is 11.6 Å². The van der Waals surface area contributed by atoms with Crippen molar-refractivity contribution in [3.05, 3.63) is 29.8 Å². The molecule has 0 aliphatic heterocycles. The summed E-state index contributed by atoms with van der Waals surface area (Å²) in [5.74, 6) is 1.18. The molecular formula is C14H20N2O2. The molecule has 0 atom stereocenters. The molecule has 1 rings (SSSR count). The molecule has 0 unspecified atom stereocenters. The number of amides is 1. The Morgan fingerprint density at radius 3 is 2.39 bits per heavy atom. The number of nitrogens with one attached hydrogen (secondary N) is 1. The molecule has 0 spiro atoms. The molecule has 0 bridgehead atoms. The van der Waals surface area contributed by atoms with Gasteiger partial charge in [-0.05, 0) is 42.7 Å². The standard InChI is InChI=1S/C14H20N2O2/c1-10(2)9-18-14-7-5-13(6-8-14)11(3)15-16-12(4)17/h5-8,10H,9H2,1-4H3,(H,16,17)/b15-11-. The highest BCUT2D eigenvalue weighted by molar-refractivity contribution is 5.99. The highest BCUT2D eigenvalue weighted by atomic mass is 16.5. The van der Waals surface area contributed by atoms with Gasteiger partial charge >= 0.3 is 0 Å². The normalized spacial score (nSPS) is 11.5. The average Bonchev–Trinajstić information content (AvgIpc) is 2.34. The van der Waals surface area contributed by atoms with Gasteiger partial charge in [-0.25, -0.2) is 5.43 Å². The Labute approximate surface area is 108 Å². The van der Waals surface area contributed by atoms with Crippen LogP contribution in [0, 0.1) is 5.92 Å². The van der Waals surface area contributed by atoms with Gasteiger partial charge < -0.3 is 4.74 Å². The van der Waals surface area contributed by atoms with Gasteiger partial charge in [0.25, 0.3) is 0 Å². The van der Waals surface area contributed by atoms with Gasteiger partial charge in [-0.1, -0.05) is 13.8 Å². The summed E-state index contributed by atoms with van der Waals surface area (Å²) in [5, 5.41) is 3.97. The summed E-state index contributed by atoms with van der Waals surface area (Å²) in [6, 6.07) is 7.67. The van der Waals surface area contributed by atoms with Crippen LogP contribution in [0.5, 0.6) is 5.75 Å². The van der Waals surface area contributed by atoms with E-state index in [1.54, 1.807) is 0 Å². The van der Waals surface area contributed by atoms with Crippen LogP contribution in [-0.4, -0.2) is 18.2 Å². The molecule has 98 valence electrons. The number of hydrogen-bond donors (Lipinski definition) is 1. The third-order valence-corrected chi connectivity index (χ3v) is 2.24. The van der Waals surface area contributed by atoms with Crippen LogP contribution in [0.1, 0.15) is 33.3 Å². The lowest BCUT2D eigenvalue weighted by Crippen LogP contribution is -2.15. The first kappa shape index (κ1) is 14.2. The number of hydrazone groups is 1. The van der Waals surface area contributed by atoms with Gasteiger partial charge in [-0.2, -0.15) is 5.10 Å². The van der Waals surface area contributed by atoms with Crippen LogP contribution in [0.15, 0.2) is 29.4 Å². The van der Waals surface area contributed by atoms with E-state index < -0.39 is 0 Å². The van der Waals surface area contributed by atoms with E-state index in [4.69, 9.17) is 4.74 Å². The largest absolute Gasteiger partial charge is 0.493 e. The summed E-state index contributed by atoms with van der Waals surface area (Å²) < 4.78 is 5.59. The summed E-state index contributed by atoms with van der Waals surface area (Å²) in [7, 11) is 0. The number of nitrogens with zero attached hydrogens (tertiary/aromatic N) is 1. The molecule has 0 aliphatic carbocycles. The number of hydrogen-bond acceptors (Lipinski definition) is 3. The number of carbonyl (C=O) groups excluding carboxylic acids is 1. The van der Waals surface area contributed by atoms with Gasteiger partial charge in [-0.3, -0.25) is 4.79 Å². The van der Waals surface area contributed by atoms with E-state index in [-0.39, 0.29) is 5.91 Å². The molecule has 1 aromatic rings. The molecular weight excluding hydrogens is 228 g/mol. The molecule has 4 heteroatoms. The Bertz CT molecular complexity index is 422. The fourth-order valence-electron chi connectivity index (χ4n) is 1.28. The molecule has 0 saturated carbocycles. The third-order valence-electron chi connectivity index (χ3n) is 2.24. The second-order valence-corrected chi connectivity index (χ2v) is 4.59. The van der Waals surface area contributed by atoms with Crippen LogP contribution in [0.3, 0.4) is 0 Å². The van der Waals surface area contributed by atoms with Crippen LogP contribution in [0.2, 0.25) is 0 Å².